The van der Waals surface area contributed by atoms with Crippen LogP contribution in [0.25, 0.3) is 0 Å². The fourth-order valence-electron chi connectivity index (χ4n) is 2.96. The van der Waals surface area contributed by atoms with Crippen molar-refractivity contribution < 1.29 is 0 Å². The third-order valence-corrected chi connectivity index (χ3v) is 5.91. The van der Waals surface area contributed by atoms with Crippen molar-refractivity contribution in [1.29, 1.82) is 0 Å². The predicted octanol–water partition coefficient (Wildman–Crippen LogP) is 2.61. The normalized spacial score (nSPS) is 18.0. The van der Waals surface area contributed by atoms with Gasteiger partial charge in [-0.05, 0) is 50.7 Å². The van der Waals surface area contributed by atoms with Crippen LogP contribution >= 0.6 is 11.3 Å². The van der Waals surface area contributed by atoms with Crippen molar-refractivity contribution in [2.75, 3.05) is 45.2 Å². The van der Waals surface area contributed by atoms with E-state index in [1.807, 2.05) is 18.4 Å². The van der Waals surface area contributed by atoms with Crippen LogP contribution in [-0.4, -0.2) is 63.2 Å². The summed E-state index contributed by atoms with van der Waals surface area (Å²) in [4.78, 5) is 9.25. The molecule has 0 saturated carbocycles. The first kappa shape index (κ1) is 19.1. The van der Waals surface area contributed by atoms with Gasteiger partial charge in [-0.3, -0.25) is 4.99 Å². The van der Waals surface area contributed by atoms with Gasteiger partial charge in [0.2, 0.25) is 0 Å². The van der Waals surface area contributed by atoms with Crippen LogP contribution in [0, 0.1) is 0 Å². The van der Waals surface area contributed by atoms with Crippen molar-refractivity contribution in [3.63, 3.8) is 0 Å². The Morgan fingerprint density at radius 3 is 2.79 bits per heavy atom. The van der Waals surface area contributed by atoms with Gasteiger partial charge in [-0.2, -0.15) is 0 Å². The SMILES string of the molecule is CCC(C)N(C)CCNC(=NC)NC1CCN(c2cccs2)CC1. The Hall–Kier alpha value is -1.27. The highest BCUT2D eigenvalue weighted by Gasteiger charge is 2.20. The molecule has 2 heterocycles. The number of aliphatic imine (C=N–C) groups is 1. The fraction of sp³-hybridized carbons (Fsp3) is 0.722. The number of guanidine groups is 1. The highest BCUT2D eigenvalue weighted by Crippen LogP contribution is 2.24. The molecule has 136 valence electrons. The van der Waals surface area contributed by atoms with Crippen LogP contribution in [0.15, 0.2) is 22.5 Å². The first-order valence-electron chi connectivity index (χ1n) is 9.10. The van der Waals surface area contributed by atoms with E-state index in [0.29, 0.717) is 12.1 Å². The van der Waals surface area contributed by atoms with Gasteiger partial charge in [0.15, 0.2) is 5.96 Å². The van der Waals surface area contributed by atoms with Crippen LogP contribution in [0.2, 0.25) is 0 Å². The van der Waals surface area contributed by atoms with Crippen molar-refractivity contribution in [2.45, 2.75) is 45.2 Å². The van der Waals surface area contributed by atoms with Gasteiger partial charge in [0, 0.05) is 45.3 Å². The van der Waals surface area contributed by atoms with E-state index >= 15 is 0 Å². The number of nitrogens with zero attached hydrogens (tertiary/aromatic N) is 3. The summed E-state index contributed by atoms with van der Waals surface area (Å²) in [7, 11) is 4.04. The van der Waals surface area contributed by atoms with E-state index < -0.39 is 0 Å². The van der Waals surface area contributed by atoms with Gasteiger partial charge in [0.1, 0.15) is 0 Å². The first-order chi connectivity index (χ1) is 11.6. The molecule has 0 aromatic carbocycles. The maximum absolute atomic E-state index is 4.38. The standard InChI is InChI=1S/C18H33N5S/c1-5-15(2)22(4)13-10-20-18(19-3)21-16-8-11-23(12-9-16)17-7-6-14-24-17/h6-7,14-16H,5,8-13H2,1-4H3,(H2,19,20,21). The van der Waals surface area contributed by atoms with E-state index in [2.05, 4.69) is 63.8 Å². The molecule has 1 aromatic heterocycles. The molecule has 1 aromatic rings. The molecule has 0 aliphatic carbocycles. The summed E-state index contributed by atoms with van der Waals surface area (Å²) >= 11 is 1.83. The Balaban J connectivity index is 1.68. The van der Waals surface area contributed by atoms with Crippen LogP contribution in [0.1, 0.15) is 33.1 Å². The molecule has 0 amide bonds. The van der Waals surface area contributed by atoms with E-state index in [-0.39, 0.29) is 0 Å². The lowest BCUT2D eigenvalue weighted by Crippen LogP contribution is -2.49. The number of nitrogens with one attached hydrogen (secondary N) is 2. The quantitative estimate of drug-likeness (QED) is 0.585. The lowest BCUT2D eigenvalue weighted by atomic mass is 10.1. The summed E-state index contributed by atoms with van der Waals surface area (Å²) in [6, 6.07) is 5.49. The molecule has 1 saturated heterocycles. The number of hydrogen-bond acceptors (Lipinski definition) is 4. The predicted molar refractivity (Wildman–Crippen MR) is 106 cm³/mol. The third kappa shape index (κ3) is 5.67. The number of thiophene rings is 1. The summed E-state index contributed by atoms with van der Waals surface area (Å²) in [5.74, 6) is 0.933. The molecule has 24 heavy (non-hydrogen) atoms. The zero-order valence-corrected chi connectivity index (χ0v) is 16.4. The van der Waals surface area contributed by atoms with Crippen molar-refractivity contribution in [3.8, 4) is 0 Å². The summed E-state index contributed by atoms with van der Waals surface area (Å²) in [5, 5.41) is 10.6. The number of rotatable bonds is 7. The smallest absolute Gasteiger partial charge is 0.191 e. The van der Waals surface area contributed by atoms with Gasteiger partial charge in [-0.25, -0.2) is 0 Å². The Kier molecular flexibility index (Phi) is 7.85. The number of anilines is 1. The highest BCUT2D eigenvalue weighted by atomic mass is 32.1. The molecule has 1 unspecified atom stereocenters. The van der Waals surface area contributed by atoms with Crippen LogP contribution in [-0.2, 0) is 0 Å². The molecule has 2 rings (SSSR count). The molecule has 0 spiro atoms. The van der Waals surface area contributed by atoms with Crippen LogP contribution < -0.4 is 15.5 Å². The zero-order valence-electron chi connectivity index (χ0n) is 15.6. The van der Waals surface area contributed by atoms with Gasteiger partial charge in [0.25, 0.3) is 0 Å². The Morgan fingerprint density at radius 2 is 2.21 bits per heavy atom. The van der Waals surface area contributed by atoms with E-state index in [1.165, 1.54) is 11.4 Å². The van der Waals surface area contributed by atoms with Crippen LogP contribution in [0.4, 0.5) is 5.00 Å². The van der Waals surface area contributed by atoms with Gasteiger partial charge in [-0.1, -0.05) is 6.92 Å². The van der Waals surface area contributed by atoms with E-state index in [4.69, 9.17) is 0 Å². The molecule has 1 fully saturated rings. The minimum Gasteiger partial charge on any atom is -0.363 e. The largest absolute Gasteiger partial charge is 0.363 e. The molecular formula is C18H33N5S. The topological polar surface area (TPSA) is 42.9 Å². The molecule has 0 radical (unpaired) electrons. The molecular weight excluding hydrogens is 318 g/mol. The summed E-state index contributed by atoms with van der Waals surface area (Å²) < 4.78 is 0. The summed E-state index contributed by atoms with van der Waals surface area (Å²) in [6.07, 6.45) is 3.50. The monoisotopic (exact) mass is 351 g/mol. The van der Waals surface area contributed by atoms with Crippen LogP contribution in [0.3, 0.4) is 0 Å². The lowest BCUT2D eigenvalue weighted by molar-refractivity contribution is 0.255. The lowest BCUT2D eigenvalue weighted by Gasteiger charge is -2.33. The van der Waals surface area contributed by atoms with E-state index in [1.54, 1.807) is 0 Å². The maximum atomic E-state index is 4.38. The van der Waals surface area contributed by atoms with E-state index in [9.17, 15) is 0 Å². The highest BCUT2D eigenvalue weighted by molar-refractivity contribution is 7.14. The molecule has 0 bridgehead atoms. The maximum Gasteiger partial charge on any atom is 0.191 e. The minimum absolute atomic E-state index is 0.514. The molecule has 6 heteroatoms. The summed E-state index contributed by atoms with van der Waals surface area (Å²) in [6.45, 7) is 8.70. The van der Waals surface area contributed by atoms with Gasteiger partial charge < -0.3 is 20.4 Å². The second-order valence-electron chi connectivity index (χ2n) is 6.59. The second kappa shape index (κ2) is 9.89. The number of likely N-dealkylation sites (N-methyl/N-ethyl adjacent to an activating group) is 1. The van der Waals surface area contributed by atoms with E-state index in [0.717, 1.165) is 45.0 Å². The Morgan fingerprint density at radius 1 is 1.46 bits per heavy atom. The second-order valence-corrected chi connectivity index (χ2v) is 7.52. The van der Waals surface area contributed by atoms with Crippen molar-refractivity contribution in [1.82, 2.24) is 15.5 Å². The Bertz CT molecular complexity index is 480. The minimum atomic E-state index is 0.514. The van der Waals surface area contributed by atoms with Crippen LogP contribution in [0.5, 0.6) is 0 Å². The number of hydrogen-bond donors (Lipinski definition) is 2. The van der Waals surface area contributed by atoms with Gasteiger partial charge in [-0.15, -0.1) is 11.3 Å². The summed E-state index contributed by atoms with van der Waals surface area (Å²) in [5.41, 5.74) is 0. The fourth-order valence-corrected chi connectivity index (χ4v) is 3.75. The first-order valence-corrected chi connectivity index (χ1v) is 9.97. The molecule has 1 atom stereocenters. The van der Waals surface area contributed by atoms with Crippen molar-refractivity contribution in [3.05, 3.63) is 17.5 Å². The average Bonchev–Trinajstić information content (AvgIpc) is 3.15. The average molecular weight is 352 g/mol. The van der Waals surface area contributed by atoms with Crippen molar-refractivity contribution in [2.24, 2.45) is 4.99 Å². The number of piperidine rings is 1. The van der Waals surface area contributed by atoms with Crippen molar-refractivity contribution >= 4 is 22.3 Å². The molecule has 1 aliphatic rings. The molecule has 2 N–H and O–H groups in total. The molecule has 5 nitrogen and oxygen atoms in total. The molecule has 1 aliphatic heterocycles. The zero-order chi connectivity index (χ0) is 17.4. The Labute approximate surface area is 151 Å². The van der Waals surface area contributed by atoms with Gasteiger partial charge in [0.05, 0.1) is 5.00 Å². The third-order valence-electron chi connectivity index (χ3n) is 4.98. The van der Waals surface area contributed by atoms with Gasteiger partial charge >= 0.3 is 0 Å².